The normalized spacial score (nSPS) is 11.6. The van der Waals surface area contributed by atoms with Crippen molar-refractivity contribution in [3.8, 4) is 6.07 Å². The van der Waals surface area contributed by atoms with Crippen molar-refractivity contribution < 1.29 is 4.79 Å². The van der Waals surface area contributed by atoms with Crippen molar-refractivity contribution in [2.24, 2.45) is 0 Å². The smallest absolute Gasteiger partial charge is 0.237 e. The quantitative estimate of drug-likeness (QED) is 0.519. The maximum atomic E-state index is 12.3. The highest BCUT2D eigenvalue weighted by Crippen LogP contribution is 2.27. The van der Waals surface area contributed by atoms with Crippen LogP contribution in [0.25, 0.3) is 0 Å². The van der Waals surface area contributed by atoms with Gasteiger partial charge in [0.25, 0.3) is 0 Å². The second-order valence-electron chi connectivity index (χ2n) is 4.74. The first-order valence-corrected chi connectivity index (χ1v) is 8.01. The first-order valence-electron chi connectivity index (χ1n) is 6.75. The number of halogens is 1. The Morgan fingerprint density at radius 2 is 2.17 bits per heavy atom. The molecule has 0 aliphatic heterocycles. The second kappa shape index (κ2) is 7.40. The van der Waals surface area contributed by atoms with Crippen molar-refractivity contribution in [2.75, 3.05) is 5.32 Å². The first kappa shape index (κ1) is 17.2. The summed E-state index contributed by atoms with van der Waals surface area (Å²) in [5.74, 6) is 0.314. The minimum absolute atomic E-state index is 0.226. The van der Waals surface area contributed by atoms with E-state index in [1.54, 1.807) is 39.1 Å². The Kier molecular flexibility index (Phi) is 5.53. The van der Waals surface area contributed by atoms with E-state index in [1.165, 1.54) is 11.8 Å². The number of nitriles is 1. The summed E-state index contributed by atoms with van der Waals surface area (Å²) in [5.41, 5.74) is 1.44. The van der Waals surface area contributed by atoms with Crippen molar-refractivity contribution >= 4 is 35.0 Å². The van der Waals surface area contributed by atoms with E-state index >= 15 is 0 Å². The molecule has 8 heteroatoms. The lowest BCUT2D eigenvalue weighted by molar-refractivity contribution is -0.115. The molecule has 0 saturated heterocycles. The topological polar surface area (TPSA) is 91.6 Å². The number of aromatic nitrogens is 3. The van der Waals surface area contributed by atoms with Gasteiger partial charge < -0.3 is 5.32 Å². The number of nitrogens with zero attached hydrogens (tertiary/aromatic N) is 4. The molecule has 2 aromatic rings. The molecule has 2 rings (SSSR count). The van der Waals surface area contributed by atoms with Crippen molar-refractivity contribution in [3.05, 3.63) is 40.6 Å². The molecule has 1 amide bonds. The molecule has 6 nitrogen and oxygen atoms in total. The van der Waals surface area contributed by atoms with Gasteiger partial charge in [-0.3, -0.25) is 4.79 Å². The third kappa shape index (κ3) is 4.18. The van der Waals surface area contributed by atoms with Crippen LogP contribution in [0.3, 0.4) is 0 Å². The van der Waals surface area contributed by atoms with E-state index in [0.717, 1.165) is 0 Å². The predicted molar refractivity (Wildman–Crippen MR) is 89.4 cm³/mol. The van der Waals surface area contributed by atoms with E-state index in [1.807, 2.05) is 0 Å². The second-order valence-corrected chi connectivity index (χ2v) is 6.43. The number of hydrogen-bond donors (Lipinski definition) is 1. The van der Waals surface area contributed by atoms with Crippen molar-refractivity contribution in [2.45, 2.75) is 31.0 Å². The van der Waals surface area contributed by atoms with Crippen LogP contribution in [0.1, 0.15) is 24.0 Å². The summed E-state index contributed by atoms with van der Waals surface area (Å²) in [5, 5.41) is 12.2. The van der Waals surface area contributed by atoms with E-state index in [-0.39, 0.29) is 11.1 Å². The molecule has 23 heavy (non-hydrogen) atoms. The molecule has 0 bridgehead atoms. The summed E-state index contributed by atoms with van der Waals surface area (Å²) in [6.07, 6.45) is 1.54. The van der Waals surface area contributed by atoms with Crippen LogP contribution in [0, 0.1) is 25.2 Å². The third-order valence-electron chi connectivity index (χ3n) is 2.95. The molecular weight excluding hydrogens is 334 g/mol. The average Bonchev–Trinajstić information content (AvgIpc) is 2.49. The van der Waals surface area contributed by atoms with Crippen LogP contribution in [0.4, 0.5) is 5.69 Å². The summed E-state index contributed by atoms with van der Waals surface area (Å²) >= 11 is 7.13. The summed E-state index contributed by atoms with van der Waals surface area (Å²) < 4.78 is 0. The number of thioether (sulfide) groups is 1. The molecule has 0 aromatic carbocycles. The van der Waals surface area contributed by atoms with Gasteiger partial charge in [-0.25, -0.2) is 15.0 Å². The molecule has 1 N–H and O–H groups in total. The van der Waals surface area contributed by atoms with Gasteiger partial charge in [-0.2, -0.15) is 5.26 Å². The molecule has 0 aliphatic rings. The molecule has 0 radical (unpaired) electrons. The Morgan fingerprint density at radius 3 is 2.83 bits per heavy atom. The van der Waals surface area contributed by atoms with Gasteiger partial charge in [-0.1, -0.05) is 23.4 Å². The van der Waals surface area contributed by atoms with Crippen LogP contribution in [-0.4, -0.2) is 26.1 Å². The van der Waals surface area contributed by atoms with Crippen LogP contribution in [0.5, 0.6) is 0 Å². The highest BCUT2D eigenvalue weighted by atomic mass is 35.5. The van der Waals surface area contributed by atoms with Gasteiger partial charge in [0.05, 0.1) is 16.6 Å². The zero-order chi connectivity index (χ0) is 17.0. The van der Waals surface area contributed by atoms with Gasteiger partial charge in [0.15, 0.2) is 5.15 Å². The Bertz CT molecular complexity index is 790. The fraction of sp³-hybridized carbons (Fsp3) is 0.267. The third-order valence-corrected chi connectivity index (χ3v) is 4.34. The maximum absolute atomic E-state index is 12.3. The number of nitrogens with one attached hydrogen (secondary N) is 1. The molecule has 0 saturated carbocycles. The number of pyridine rings is 1. The Hall–Kier alpha value is -2.17. The number of carbonyl (C=O) groups excluding carboxylic acids is 1. The van der Waals surface area contributed by atoms with E-state index in [2.05, 4.69) is 26.3 Å². The molecule has 0 fully saturated rings. The number of hydrogen-bond acceptors (Lipinski definition) is 6. The summed E-state index contributed by atoms with van der Waals surface area (Å²) in [4.78, 5) is 24.6. The Morgan fingerprint density at radius 1 is 1.43 bits per heavy atom. The van der Waals surface area contributed by atoms with Crippen molar-refractivity contribution in [3.63, 3.8) is 0 Å². The fourth-order valence-electron chi connectivity index (χ4n) is 1.83. The molecule has 0 spiro atoms. The highest BCUT2D eigenvalue weighted by Gasteiger charge is 2.20. The summed E-state index contributed by atoms with van der Waals surface area (Å²) in [6, 6.07) is 5.44. The van der Waals surface area contributed by atoms with E-state index in [9.17, 15) is 10.1 Å². The molecular formula is C15H14ClN5OS. The Labute approximate surface area is 143 Å². The maximum Gasteiger partial charge on any atom is 0.237 e. The monoisotopic (exact) mass is 347 g/mol. The highest BCUT2D eigenvalue weighted by molar-refractivity contribution is 8.00. The van der Waals surface area contributed by atoms with E-state index in [4.69, 9.17) is 11.6 Å². The number of anilines is 1. The lowest BCUT2D eigenvalue weighted by Crippen LogP contribution is -2.23. The number of carbonyl (C=O) groups is 1. The van der Waals surface area contributed by atoms with Crippen LogP contribution in [0.15, 0.2) is 23.4 Å². The van der Waals surface area contributed by atoms with Gasteiger partial charge in [0.2, 0.25) is 5.91 Å². The SMILES string of the molecule is Cc1nc(C)c(C#N)c(SC(C)C(=O)Nc2cccnc2Cl)n1. The van der Waals surface area contributed by atoms with Crippen LogP contribution in [-0.2, 0) is 4.79 Å². The average molecular weight is 348 g/mol. The predicted octanol–water partition coefficient (Wildman–Crippen LogP) is 3.13. The van der Waals surface area contributed by atoms with Gasteiger partial charge in [0.1, 0.15) is 22.5 Å². The lowest BCUT2D eigenvalue weighted by atomic mass is 10.3. The van der Waals surface area contributed by atoms with Crippen molar-refractivity contribution in [1.29, 1.82) is 5.26 Å². The van der Waals surface area contributed by atoms with Crippen LogP contribution < -0.4 is 5.32 Å². The number of aryl methyl sites for hydroxylation is 2. The molecule has 1 unspecified atom stereocenters. The molecule has 2 aromatic heterocycles. The molecule has 2 heterocycles. The first-order chi connectivity index (χ1) is 10.9. The van der Waals surface area contributed by atoms with E-state index < -0.39 is 5.25 Å². The minimum Gasteiger partial charge on any atom is -0.322 e. The van der Waals surface area contributed by atoms with Gasteiger partial charge in [-0.15, -0.1) is 0 Å². The standard InChI is InChI=1S/C15H14ClN5OS/c1-8-11(7-17)15(20-10(3)19-8)23-9(2)14(22)21-12-5-4-6-18-13(12)16/h4-6,9H,1-3H3,(H,21,22). The van der Waals surface area contributed by atoms with Gasteiger partial charge >= 0.3 is 0 Å². The molecule has 1 atom stereocenters. The fourth-order valence-corrected chi connectivity index (χ4v) is 2.99. The largest absolute Gasteiger partial charge is 0.322 e. The number of rotatable bonds is 4. The zero-order valence-corrected chi connectivity index (χ0v) is 14.4. The van der Waals surface area contributed by atoms with Crippen LogP contribution >= 0.6 is 23.4 Å². The molecule has 118 valence electrons. The van der Waals surface area contributed by atoms with E-state index in [0.29, 0.717) is 27.8 Å². The zero-order valence-electron chi connectivity index (χ0n) is 12.8. The van der Waals surface area contributed by atoms with Crippen LogP contribution in [0.2, 0.25) is 5.15 Å². The van der Waals surface area contributed by atoms with Crippen molar-refractivity contribution in [1.82, 2.24) is 15.0 Å². The summed E-state index contributed by atoms with van der Waals surface area (Å²) in [7, 11) is 0. The lowest BCUT2D eigenvalue weighted by Gasteiger charge is -2.13. The van der Waals surface area contributed by atoms with Gasteiger partial charge in [-0.05, 0) is 32.9 Å². The Balaban J connectivity index is 2.16. The van der Waals surface area contributed by atoms with Gasteiger partial charge in [0, 0.05) is 6.20 Å². The minimum atomic E-state index is -0.466. The number of amides is 1. The summed E-state index contributed by atoms with van der Waals surface area (Å²) in [6.45, 7) is 5.23. The molecule has 0 aliphatic carbocycles.